The Balaban J connectivity index is 1.49. The van der Waals surface area contributed by atoms with Gasteiger partial charge in [-0.15, -0.1) is 0 Å². The predicted octanol–water partition coefficient (Wildman–Crippen LogP) is 1.81. The molecule has 1 unspecified atom stereocenters. The SMILES string of the molecule is CC(Cn1cccn1)C(=O)NCc1nc(Cc2ccccc2)no1. The number of hydrogen-bond acceptors (Lipinski definition) is 5. The van der Waals surface area contributed by atoms with Crippen LogP contribution in [0.2, 0.25) is 0 Å². The number of hydrogen-bond donors (Lipinski definition) is 1. The smallest absolute Gasteiger partial charge is 0.246 e. The van der Waals surface area contributed by atoms with Crippen LogP contribution in [-0.2, 0) is 24.3 Å². The highest BCUT2D eigenvalue weighted by Crippen LogP contribution is 2.07. The molecule has 1 N–H and O–H groups in total. The largest absolute Gasteiger partial charge is 0.347 e. The molecule has 0 aliphatic rings. The van der Waals surface area contributed by atoms with E-state index in [1.807, 2.05) is 49.5 Å². The summed E-state index contributed by atoms with van der Waals surface area (Å²) in [5.74, 6) is 0.737. The fourth-order valence-electron chi connectivity index (χ4n) is 2.32. The molecule has 1 amide bonds. The molecule has 0 spiro atoms. The van der Waals surface area contributed by atoms with E-state index < -0.39 is 0 Å². The molecule has 2 aromatic heterocycles. The van der Waals surface area contributed by atoms with E-state index in [0.717, 1.165) is 5.56 Å². The second kappa shape index (κ2) is 7.54. The first-order valence-corrected chi connectivity index (χ1v) is 7.81. The number of rotatable bonds is 7. The number of carbonyl (C=O) groups excluding carboxylic acids is 1. The first-order chi connectivity index (χ1) is 11.7. The Morgan fingerprint density at radius 2 is 2.12 bits per heavy atom. The lowest BCUT2D eigenvalue weighted by Crippen LogP contribution is -2.31. The number of aromatic nitrogens is 4. The second-order valence-corrected chi connectivity index (χ2v) is 5.61. The molecule has 3 aromatic rings. The van der Waals surface area contributed by atoms with Crippen LogP contribution in [0.1, 0.15) is 24.2 Å². The molecule has 7 heteroatoms. The zero-order valence-electron chi connectivity index (χ0n) is 13.4. The zero-order chi connectivity index (χ0) is 16.8. The highest BCUT2D eigenvalue weighted by Gasteiger charge is 2.15. The number of nitrogens with zero attached hydrogens (tertiary/aromatic N) is 4. The highest BCUT2D eigenvalue weighted by atomic mass is 16.5. The van der Waals surface area contributed by atoms with Gasteiger partial charge in [-0.25, -0.2) is 0 Å². The summed E-state index contributed by atoms with van der Waals surface area (Å²) in [6, 6.07) is 11.8. The third-order valence-corrected chi connectivity index (χ3v) is 3.60. The van der Waals surface area contributed by atoms with Crippen LogP contribution in [0.25, 0.3) is 0 Å². The molecular weight excluding hydrogens is 306 g/mol. The highest BCUT2D eigenvalue weighted by molar-refractivity contribution is 5.78. The van der Waals surface area contributed by atoms with Crippen molar-refractivity contribution in [2.24, 2.45) is 5.92 Å². The molecule has 1 aromatic carbocycles. The molecule has 24 heavy (non-hydrogen) atoms. The Hall–Kier alpha value is -2.96. The summed E-state index contributed by atoms with van der Waals surface area (Å²) in [5.41, 5.74) is 1.11. The van der Waals surface area contributed by atoms with Crippen LogP contribution in [0, 0.1) is 5.92 Å². The molecule has 0 bridgehead atoms. The molecule has 0 aliphatic heterocycles. The Morgan fingerprint density at radius 3 is 2.88 bits per heavy atom. The van der Waals surface area contributed by atoms with Crippen molar-refractivity contribution in [1.82, 2.24) is 25.2 Å². The molecule has 7 nitrogen and oxygen atoms in total. The van der Waals surface area contributed by atoms with Crippen LogP contribution in [0.15, 0.2) is 53.3 Å². The third kappa shape index (κ3) is 4.28. The summed E-state index contributed by atoms with van der Waals surface area (Å²) in [5, 5.41) is 10.9. The summed E-state index contributed by atoms with van der Waals surface area (Å²) >= 11 is 0. The van der Waals surface area contributed by atoms with Gasteiger partial charge in [0.15, 0.2) is 5.82 Å². The Labute approximate surface area is 139 Å². The predicted molar refractivity (Wildman–Crippen MR) is 86.8 cm³/mol. The van der Waals surface area contributed by atoms with Crippen molar-refractivity contribution >= 4 is 5.91 Å². The maximum atomic E-state index is 12.1. The van der Waals surface area contributed by atoms with E-state index >= 15 is 0 Å². The number of carbonyl (C=O) groups is 1. The van der Waals surface area contributed by atoms with Crippen molar-refractivity contribution in [1.29, 1.82) is 0 Å². The molecule has 0 saturated heterocycles. The van der Waals surface area contributed by atoms with Crippen LogP contribution >= 0.6 is 0 Å². The van der Waals surface area contributed by atoms with Crippen LogP contribution in [0.3, 0.4) is 0 Å². The maximum absolute atomic E-state index is 12.1. The van der Waals surface area contributed by atoms with Crippen molar-refractivity contribution in [3.05, 3.63) is 66.1 Å². The third-order valence-electron chi connectivity index (χ3n) is 3.60. The van der Waals surface area contributed by atoms with E-state index in [9.17, 15) is 4.79 Å². The fourth-order valence-corrected chi connectivity index (χ4v) is 2.32. The Bertz CT molecular complexity index is 767. The number of amides is 1. The molecule has 0 fully saturated rings. The Morgan fingerprint density at radius 1 is 1.29 bits per heavy atom. The van der Waals surface area contributed by atoms with Gasteiger partial charge in [-0.3, -0.25) is 9.48 Å². The van der Waals surface area contributed by atoms with E-state index in [4.69, 9.17) is 4.52 Å². The van der Waals surface area contributed by atoms with Gasteiger partial charge < -0.3 is 9.84 Å². The second-order valence-electron chi connectivity index (χ2n) is 5.61. The van der Waals surface area contributed by atoms with Gasteiger partial charge >= 0.3 is 0 Å². The van der Waals surface area contributed by atoms with Gasteiger partial charge in [-0.05, 0) is 11.6 Å². The van der Waals surface area contributed by atoms with Crippen LogP contribution in [-0.4, -0.2) is 25.8 Å². The summed E-state index contributed by atoms with van der Waals surface area (Å²) < 4.78 is 6.91. The van der Waals surface area contributed by atoms with Gasteiger partial charge in [-0.1, -0.05) is 42.4 Å². The van der Waals surface area contributed by atoms with Crippen molar-refractivity contribution in [2.45, 2.75) is 26.4 Å². The van der Waals surface area contributed by atoms with E-state index in [1.165, 1.54) is 0 Å². The summed E-state index contributed by atoms with van der Waals surface area (Å²) in [4.78, 5) is 16.4. The van der Waals surface area contributed by atoms with Crippen LogP contribution in [0.5, 0.6) is 0 Å². The van der Waals surface area contributed by atoms with E-state index in [-0.39, 0.29) is 18.4 Å². The van der Waals surface area contributed by atoms with Crippen molar-refractivity contribution in [3.8, 4) is 0 Å². The van der Waals surface area contributed by atoms with Gasteiger partial charge in [0, 0.05) is 18.8 Å². The van der Waals surface area contributed by atoms with Crippen molar-refractivity contribution in [3.63, 3.8) is 0 Å². The lowest BCUT2D eigenvalue weighted by molar-refractivity contribution is -0.125. The van der Waals surface area contributed by atoms with Gasteiger partial charge in [-0.2, -0.15) is 10.1 Å². The first-order valence-electron chi connectivity index (χ1n) is 7.81. The molecule has 1 atom stereocenters. The molecule has 0 saturated carbocycles. The molecule has 3 rings (SSSR count). The minimum absolute atomic E-state index is 0.0756. The van der Waals surface area contributed by atoms with E-state index in [0.29, 0.717) is 24.7 Å². The van der Waals surface area contributed by atoms with E-state index in [2.05, 4.69) is 20.6 Å². The van der Waals surface area contributed by atoms with Gasteiger partial charge in [0.1, 0.15) is 0 Å². The number of nitrogens with one attached hydrogen (secondary N) is 1. The average molecular weight is 325 g/mol. The molecular formula is C17H19N5O2. The lowest BCUT2D eigenvalue weighted by atomic mass is 10.1. The number of benzene rings is 1. The lowest BCUT2D eigenvalue weighted by Gasteiger charge is -2.10. The van der Waals surface area contributed by atoms with Crippen molar-refractivity contribution in [2.75, 3.05) is 0 Å². The van der Waals surface area contributed by atoms with Crippen molar-refractivity contribution < 1.29 is 9.32 Å². The molecule has 124 valence electrons. The maximum Gasteiger partial charge on any atom is 0.246 e. The standard InChI is InChI=1S/C17H19N5O2/c1-13(12-22-9-5-8-19-22)17(23)18-11-16-20-15(21-24-16)10-14-6-3-2-4-7-14/h2-9,13H,10-12H2,1H3,(H,18,23). The minimum atomic E-state index is -0.198. The quantitative estimate of drug-likeness (QED) is 0.716. The van der Waals surface area contributed by atoms with Crippen LogP contribution < -0.4 is 5.32 Å². The van der Waals surface area contributed by atoms with Gasteiger partial charge in [0.2, 0.25) is 11.8 Å². The zero-order valence-corrected chi connectivity index (χ0v) is 13.4. The topological polar surface area (TPSA) is 85.8 Å². The molecule has 0 radical (unpaired) electrons. The fraction of sp³-hybridized carbons (Fsp3) is 0.294. The molecule has 0 aliphatic carbocycles. The molecule has 2 heterocycles. The summed E-state index contributed by atoms with van der Waals surface area (Å²) in [6.07, 6.45) is 4.13. The monoisotopic (exact) mass is 325 g/mol. The van der Waals surface area contributed by atoms with E-state index in [1.54, 1.807) is 10.9 Å². The van der Waals surface area contributed by atoms with Crippen LogP contribution in [0.4, 0.5) is 0 Å². The van der Waals surface area contributed by atoms with Gasteiger partial charge in [0.25, 0.3) is 0 Å². The minimum Gasteiger partial charge on any atom is -0.347 e. The first kappa shape index (κ1) is 15.9. The Kier molecular flexibility index (Phi) is 5.00. The summed E-state index contributed by atoms with van der Waals surface area (Å²) in [6.45, 7) is 2.61. The normalized spacial score (nSPS) is 12.0. The summed E-state index contributed by atoms with van der Waals surface area (Å²) in [7, 11) is 0. The van der Waals surface area contributed by atoms with Gasteiger partial charge in [0.05, 0.1) is 19.0 Å². The average Bonchev–Trinajstić information content (AvgIpc) is 3.25.